The zero-order chi connectivity index (χ0) is 11.4. The zero-order valence-corrected chi connectivity index (χ0v) is 9.65. The van der Waals surface area contributed by atoms with Gasteiger partial charge in [-0.2, -0.15) is 0 Å². The highest BCUT2D eigenvalue weighted by Crippen LogP contribution is 2.31. The molecule has 1 aromatic carbocycles. The van der Waals surface area contributed by atoms with E-state index in [-0.39, 0.29) is 12.6 Å². The minimum absolute atomic E-state index is 0.196. The van der Waals surface area contributed by atoms with Crippen LogP contribution < -0.4 is 10.1 Å². The average molecular weight is 221 g/mol. The fourth-order valence-corrected chi connectivity index (χ4v) is 2.06. The van der Waals surface area contributed by atoms with Crippen LogP contribution in [0.3, 0.4) is 0 Å². The molecule has 0 bridgehead atoms. The maximum absolute atomic E-state index is 9.34. The largest absolute Gasteiger partial charge is 0.497 e. The van der Waals surface area contributed by atoms with E-state index in [0.717, 1.165) is 11.4 Å². The molecule has 3 heteroatoms. The maximum atomic E-state index is 9.34. The van der Waals surface area contributed by atoms with Crippen molar-refractivity contribution in [2.24, 2.45) is 5.92 Å². The zero-order valence-electron chi connectivity index (χ0n) is 9.65. The molecular formula is C13H19NO2. The lowest BCUT2D eigenvalue weighted by Crippen LogP contribution is -2.36. The molecule has 1 fully saturated rings. The number of ether oxygens (including phenoxy) is 1. The van der Waals surface area contributed by atoms with Gasteiger partial charge in [0.25, 0.3) is 0 Å². The van der Waals surface area contributed by atoms with Gasteiger partial charge in [0.05, 0.1) is 19.8 Å². The summed E-state index contributed by atoms with van der Waals surface area (Å²) in [5.74, 6) is 1.49. The standard InChI is InChI=1S/C13H19NO2/c1-16-12-7-5-11(6-8-12)14-13(9-15)10-3-2-4-10/h5-8,10,13-15H,2-4,9H2,1H3. The van der Waals surface area contributed by atoms with Gasteiger partial charge in [-0.1, -0.05) is 6.42 Å². The Balaban J connectivity index is 1.95. The summed E-state index contributed by atoms with van der Waals surface area (Å²) in [6, 6.07) is 8.03. The Kier molecular flexibility index (Phi) is 3.67. The highest BCUT2D eigenvalue weighted by Gasteiger charge is 2.26. The number of hydrogen-bond acceptors (Lipinski definition) is 3. The second-order valence-electron chi connectivity index (χ2n) is 4.35. The molecule has 0 amide bonds. The molecule has 0 aromatic heterocycles. The fourth-order valence-electron chi connectivity index (χ4n) is 2.06. The van der Waals surface area contributed by atoms with E-state index in [1.54, 1.807) is 7.11 Å². The van der Waals surface area contributed by atoms with E-state index < -0.39 is 0 Å². The van der Waals surface area contributed by atoms with Crippen LogP contribution in [0.1, 0.15) is 19.3 Å². The van der Waals surface area contributed by atoms with Crippen molar-refractivity contribution in [2.75, 3.05) is 19.0 Å². The van der Waals surface area contributed by atoms with Crippen LogP contribution in [0.4, 0.5) is 5.69 Å². The summed E-state index contributed by atoms with van der Waals surface area (Å²) in [6.07, 6.45) is 3.76. The lowest BCUT2D eigenvalue weighted by molar-refractivity contribution is 0.187. The molecule has 0 spiro atoms. The maximum Gasteiger partial charge on any atom is 0.119 e. The first-order valence-electron chi connectivity index (χ1n) is 5.85. The smallest absolute Gasteiger partial charge is 0.119 e. The number of hydrogen-bond donors (Lipinski definition) is 2. The molecule has 0 saturated heterocycles. The molecule has 1 saturated carbocycles. The quantitative estimate of drug-likeness (QED) is 0.801. The Morgan fingerprint density at radius 1 is 1.38 bits per heavy atom. The predicted molar refractivity (Wildman–Crippen MR) is 64.8 cm³/mol. The summed E-state index contributed by atoms with van der Waals surface area (Å²) in [5, 5.41) is 12.7. The Labute approximate surface area is 96.4 Å². The lowest BCUT2D eigenvalue weighted by atomic mass is 9.80. The van der Waals surface area contributed by atoms with Crippen molar-refractivity contribution in [3.05, 3.63) is 24.3 Å². The van der Waals surface area contributed by atoms with Crippen LogP contribution >= 0.6 is 0 Å². The number of benzene rings is 1. The van der Waals surface area contributed by atoms with Gasteiger partial charge in [-0.15, -0.1) is 0 Å². The Morgan fingerprint density at radius 3 is 2.50 bits per heavy atom. The number of aliphatic hydroxyl groups excluding tert-OH is 1. The minimum Gasteiger partial charge on any atom is -0.497 e. The second-order valence-corrected chi connectivity index (χ2v) is 4.35. The normalized spacial score (nSPS) is 17.6. The van der Waals surface area contributed by atoms with Crippen molar-refractivity contribution >= 4 is 5.69 Å². The average Bonchev–Trinajstić information content (AvgIpc) is 2.26. The van der Waals surface area contributed by atoms with Crippen LogP contribution in [0.15, 0.2) is 24.3 Å². The van der Waals surface area contributed by atoms with E-state index in [9.17, 15) is 5.11 Å². The summed E-state index contributed by atoms with van der Waals surface area (Å²) < 4.78 is 5.10. The summed E-state index contributed by atoms with van der Waals surface area (Å²) >= 11 is 0. The molecule has 3 nitrogen and oxygen atoms in total. The summed E-state index contributed by atoms with van der Waals surface area (Å²) in [7, 11) is 1.66. The SMILES string of the molecule is COc1ccc(NC(CO)C2CCC2)cc1. The van der Waals surface area contributed by atoms with Crippen molar-refractivity contribution in [1.29, 1.82) is 0 Å². The van der Waals surface area contributed by atoms with Crippen molar-refractivity contribution in [3.63, 3.8) is 0 Å². The van der Waals surface area contributed by atoms with Crippen LogP contribution in [-0.4, -0.2) is 24.9 Å². The molecule has 1 aliphatic carbocycles. The molecule has 0 radical (unpaired) electrons. The second kappa shape index (κ2) is 5.21. The summed E-state index contributed by atoms with van der Waals surface area (Å²) in [6.45, 7) is 0.205. The van der Waals surface area contributed by atoms with Gasteiger partial charge in [-0.05, 0) is 43.0 Å². The molecule has 1 aliphatic rings. The van der Waals surface area contributed by atoms with Crippen LogP contribution in [0.2, 0.25) is 0 Å². The Morgan fingerprint density at radius 2 is 2.06 bits per heavy atom. The van der Waals surface area contributed by atoms with Crippen molar-refractivity contribution in [2.45, 2.75) is 25.3 Å². The topological polar surface area (TPSA) is 41.5 Å². The third-order valence-corrected chi connectivity index (χ3v) is 3.36. The summed E-state index contributed by atoms with van der Waals surface area (Å²) in [4.78, 5) is 0. The Bertz CT molecular complexity index is 319. The first-order chi connectivity index (χ1) is 7.83. The van der Waals surface area contributed by atoms with Crippen LogP contribution in [0, 0.1) is 5.92 Å². The first kappa shape index (κ1) is 11.3. The molecule has 16 heavy (non-hydrogen) atoms. The van der Waals surface area contributed by atoms with Gasteiger partial charge in [0.2, 0.25) is 0 Å². The van der Waals surface area contributed by atoms with Crippen molar-refractivity contribution < 1.29 is 9.84 Å². The van der Waals surface area contributed by atoms with E-state index in [0.29, 0.717) is 5.92 Å². The molecule has 0 heterocycles. The van der Waals surface area contributed by atoms with Crippen LogP contribution in [-0.2, 0) is 0 Å². The predicted octanol–water partition coefficient (Wildman–Crippen LogP) is 2.27. The highest BCUT2D eigenvalue weighted by atomic mass is 16.5. The lowest BCUT2D eigenvalue weighted by Gasteiger charge is -2.33. The van der Waals surface area contributed by atoms with E-state index in [2.05, 4.69) is 5.32 Å². The third kappa shape index (κ3) is 2.47. The fraction of sp³-hybridized carbons (Fsp3) is 0.538. The number of aliphatic hydroxyl groups is 1. The number of methoxy groups -OCH3 is 1. The number of nitrogens with one attached hydrogen (secondary N) is 1. The monoisotopic (exact) mass is 221 g/mol. The molecule has 1 unspecified atom stereocenters. The minimum atomic E-state index is 0.196. The van der Waals surface area contributed by atoms with E-state index >= 15 is 0 Å². The van der Waals surface area contributed by atoms with Gasteiger partial charge in [0.15, 0.2) is 0 Å². The van der Waals surface area contributed by atoms with Gasteiger partial charge < -0.3 is 15.2 Å². The van der Waals surface area contributed by atoms with Crippen molar-refractivity contribution in [3.8, 4) is 5.75 Å². The van der Waals surface area contributed by atoms with Gasteiger partial charge in [-0.3, -0.25) is 0 Å². The first-order valence-corrected chi connectivity index (χ1v) is 5.85. The van der Waals surface area contributed by atoms with Crippen LogP contribution in [0.5, 0.6) is 5.75 Å². The molecule has 2 rings (SSSR count). The molecule has 1 aromatic rings. The van der Waals surface area contributed by atoms with Crippen molar-refractivity contribution in [1.82, 2.24) is 0 Å². The highest BCUT2D eigenvalue weighted by molar-refractivity contribution is 5.47. The summed E-state index contributed by atoms with van der Waals surface area (Å²) in [5.41, 5.74) is 1.05. The van der Waals surface area contributed by atoms with E-state index in [1.807, 2.05) is 24.3 Å². The molecule has 0 aliphatic heterocycles. The third-order valence-electron chi connectivity index (χ3n) is 3.36. The molecular weight excluding hydrogens is 202 g/mol. The van der Waals surface area contributed by atoms with Gasteiger partial charge in [-0.25, -0.2) is 0 Å². The van der Waals surface area contributed by atoms with Gasteiger partial charge >= 0.3 is 0 Å². The van der Waals surface area contributed by atoms with E-state index in [4.69, 9.17) is 4.74 Å². The van der Waals surface area contributed by atoms with Gasteiger partial charge in [0, 0.05) is 5.69 Å². The van der Waals surface area contributed by atoms with Crippen LogP contribution in [0.25, 0.3) is 0 Å². The van der Waals surface area contributed by atoms with Gasteiger partial charge in [0.1, 0.15) is 5.75 Å². The molecule has 1 atom stereocenters. The Hall–Kier alpha value is -1.22. The molecule has 2 N–H and O–H groups in total. The number of anilines is 1. The van der Waals surface area contributed by atoms with E-state index in [1.165, 1.54) is 19.3 Å². The number of rotatable bonds is 5. The molecule has 88 valence electrons.